The maximum Gasteiger partial charge on any atom is 0.142 e. The Morgan fingerprint density at radius 1 is 1.26 bits per heavy atom. The first-order valence-electron chi connectivity index (χ1n) is 7.49. The van der Waals surface area contributed by atoms with Crippen LogP contribution in [0.5, 0.6) is 5.75 Å². The molecule has 0 radical (unpaired) electrons. The highest BCUT2D eigenvalue weighted by atomic mass is 16.5. The lowest BCUT2D eigenvalue weighted by Crippen LogP contribution is -2.29. The molecule has 1 unspecified atom stereocenters. The first-order chi connectivity index (χ1) is 9.29. The van der Waals surface area contributed by atoms with Crippen molar-refractivity contribution in [3.63, 3.8) is 0 Å². The van der Waals surface area contributed by atoms with Crippen molar-refractivity contribution in [1.82, 2.24) is 4.90 Å². The van der Waals surface area contributed by atoms with Gasteiger partial charge < -0.3 is 10.5 Å². The molecule has 1 saturated heterocycles. The molecule has 1 aromatic carbocycles. The van der Waals surface area contributed by atoms with Crippen molar-refractivity contribution in [2.45, 2.75) is 32.6 Å². The summed E-state index contributed by atoms with van der Waals surface area (Å²) in [5.74, 6) is 1.74. The zero-order valence-electron chi connectivity index (χ0n) is 12.0. The van der Waals surface area contributed by atoms with E-state index in [1.165, 1.54) is 38.8 Å². The largest absolute Gasteiger partial charge is 0.490 e. The number of para-hydroxylation sites is 2. The standard InChI is InChI=1S/C16H26N2O/c1-2-14-6-5-10-18(11-9-14)12-13-19-16-8-4-3-7-15(16)17/h3-4,7-8,14H,2,5-6,9-13,17H2,1H3. The highest BCUT2D eigenvalue weighted by Gasteiger charge is 2.15. The number of hydrogen-bond acceptors (Lipinski definition) is 3. The first kappa shape index (κ1) is 14.2. The predicted octanol–water partition coefficient (Wildman–Crippen LogP) is 3.16. The Bertz CT molecular complexity index is 381. The van der Waals surface area contributed by atoms with Gasteiger partial charge in [-0.1, -0.05) is 25.5 Å². The summed E-state index contributed by atoms with van der Waals surface area (Å²) in [6, 6.07) is 7.71. The SMILES string of the molecule is CCC1CCCN(CCOc2ccccc2N)CC1. The fraction of sp³-hybridized carbons (Fsp3) is 0.625. The third-order valence-electron chi connectivity index (χ3n) is 4.10. The minimum Gasteiger partial charge on any atom is -0.490 e. The lowest BCUT2D eigenvalue weighted by atomic mass is 9.98. The fourth-order valence-corrected chi connectivity index (χ4v) is 2.75. The number of nitrogen functional groups attached to an aromatic ring is 1. The molecule has 1 fully saturated rings. The monoisotopic (exact) mass is 262 g/mol. The van der Waals surface area contributed by atoms with E-state index < -0.39 is 0 Å². The molecule has 3 heteroatoms. The third kappa shape index (κ3) is 4.43. The van der Waals surface area contributed by atoms with Crippen LogP contribution in [-0.4, -0.2) is 31.1 Å². The van der Waals surface area contributed by atoms with E-state index in [0.29, 0.717) is 0 Å². The molecule has 0 aliphatic carbocycles. The average molecular weight is 262 g/mol. The van der Waals surface area contributed by atoms with E-state index in [0.717, 1.165) is 30.5 Å². The summed E-state index contributed by atoms with van der Waals surface area (Å²) in [6.07, 6.45) is 5.38. The Labute approximate surface area is 116 Å². The fourth-order valence-electron chi connectivity index (χ4n) is 2.75. The van der Waals surface area contributed by atoms with Crippen molar-refractivity contribution in [1.29, 1.82) is 0 Å². The van der Waals surface area contributed by atoms with Gasteiger partial charge in [0.05, 0.1) is 5.69 Å². The van der Waals surface area contributed by atoms with Gasteiger partial charge in [-0.25, -0.2) is 0 Å². The van der Waals surface area contributed by atoms with Gasteiger partial charge in [-0.15, -0.1) is 0 Å². The summed E-state index contributed by atoms with van der Waals surface area (Å²) in [5, 5.41) is 0. The maximum absolute atomic E-state index is 5.86. The molecule has 0 spiro atoms. The molecule has 0 aromatic heterocycles. The molecular weight excluding hydrogens is 236 g/mol. The summed E-state index contributed by atoms with van der Waals surface area (Å²) < 4.78 is 5.77. The number of rotatable bonds is 5. The van der Waals surface area contributed by atoms with Gasteiger partial charge in [-0.3, -0.25) is 4.90 Å². The van der Waals surface area contributed by atoms with Gasteiger partial charge in [0.15, 0.2) is 0 Å². The second-order valence-corrected chi connectivity index (χ2v) is 5.43. The molecule has 2 N–H and O–H groups in total. The van der Waals surface area contributed by atoms with E-state index in [2.05, 4.69) is 11.8 Å². The lowest BCUT2D eigenvalue weighted by Gasteiger charge is -2.20. The van der Waals surface area contributed by atoms with E-state index in [4.69, 9.17) is 10.5 Å². The van der Waals surface area contributed by atoms with Crippen molar-refractivity contribution < 1.29 is 4.74 Å². The third-order valence-corrected chi connectivity index (χ3v) is 4.10. The second kappa shape index (κ2) is 7.39. The van der Waals surface area contributed by atoms with Gasteiger partial charge in [-0.05, 0) is 50.4 Å². The Balaban J connectivity index is 1.72. The molecule has 1 atom stereocenters. The maximum atomic E-state index is 5.86. The van der Waals surface area contributed by atoms with E-state index in [1.807, 2.05) is 24.3 Å². The van der Waals surface area contributed by atoms with Crippen molar-refractivity contribution in [2.24, 2.45) is 5.92 Å². The van der Waals surface area contributed by atoms with E-state index in [9.17, 15) is 0 Å². The molecule has 0 amide bonds. The molecule has 19 heavy (non-hydrogen) atoms. The van der Waals surface area contributed by atoms with Gasteiger partial charge in [0.25, 0.3) is 0 Å². The number of hydrogen-bond donors (Lipinski definition) is 1. The molecule has 1 aliphatic rings. The summed E-state index contributed by atoms with van der Waals surface area (Å²) >= 11 is 0. The van der Waals surface area contributed by atoms with Gasteiger partial charge in [0, 0.05) is 6.54 Å². The van der Waals surface area contributed by atoms with Gasteiger partial charge in [-0.2, -0.15) is 0 Å². The summed E-state index contributed by atoms with van der Waals surface area (Å²) in [6.45, 7) is 6.47. The van der Waals surface area contributed by atoms with Crippen molar-refractivity contribution >= 4 is 5.69 Å². The van der Waals surface area contributed by atoms with Gasteiger partial charge in [0.1, 0.15) is 12.4 Å². The number of anilines is 1. The van der Waals surface area contributed by atoms with E-state index >= 15 is 0 Å². The molecule has 106 valence electrons. The minimum absolute atomic E-state index is 0.726. The number of ether oxygens (including phenoxy) is 1. The molecular formula is C16H26N2O. The van der Waals surface area contributed by atoms with Crippen LogP contribution in [0.1, 0.15) is 32.6 Å². The minimum atomic E-state index is 0.726. The van der Waals surface area contributed by atoms with Crippen LogP contribution < -0.4 is 10.5 Å². The van der Waals surface area contributed by atoms with E-state index in [1.54, 1.807) is 0 Å². The van der Waals surface area contributed by atoms with Gasteiger partial charge >= 0.3 is 0 Å². The average Bonchev–Trinajstić information content (AvgIpc) is 2.66. The topological polar surface area (TPSA) is 38.5 Å². The number of nitrogens with two attached hydrogens (primary N) is 1. The van der Waals surface area contributed by atoms with Crippen molar-refractivity contribution in [2.75, 3.05) is 32.0 Å². The van der Waals surface area contributed by atoms with Crippen LogP contribution in [0, 0.1) is 5.92 Å². The highest BCUT2D eigenvalue weighted by molar-refractivity contribution is 5.51. The Morgan fingerprint density at radius 2 is 2.11 bits per heavy atom. The predicted molar refractivity (Wildman–Crippen MR) is 80.4 cm³/mol. The van der Waals surface area contributed by atoms with Crippen LogP contribution in [-0.2, 0) is 0 Å². The quantitative estimate of drug-likeness (QED) is 0.828. The van der Waals surface area contributed by atoms with Crippen LogP contribution in [0.25, 0.3) is 0 Å². The van der Waals surface area contributed by atoms with Crippen molar-refractivity contribution in [3.05, 3.63) is 24.3 Å². The zero-order valence-corrected chi connectivity index (χ0v) is 12.0. The highest BCUT2D eigenvalue weighted by Crippen LogP contribution is 2.21. The smallest absolute Gasteiger partial charge is 0.142 e. The second-order valence-electron chi connectivity index (χ2n) is 5.43. The lowest BCUT2D eigenvalue weighted by molar-refractivity contribution is 0.212. The molecule has 1 aromatic rings. The van der Waals surface area contributed by atoms with Crippen LogP contribution in [0.4, 0.5) is 5.69 Å². The molecule has 2 rings (SSSR count). The molecule has 0 saturated carbocycles. The molecule has 3 nitrogen and oxygen atoms in total. The Hall–Kier alpha value is -1.22. The summed E-state index contributed by atoms with van der Waals surface area (Å²) in [5.41, 5.74) is 6.59. The number of nitrogens with zero attached hydrogens (tertiary/aromatic N) is 1. The van der Waals surface area contributed by atoms with Gasteiger partial charge in [0.2, 0.25) is 0 Å². The van der Waals surface area contributed by atoms with Crippen LogP contribution in [0.3, 0.4) is 0 Å². The first-order valence-corrected chi connectivity index (χ1v) is 7.49. The summed E-state index contributed by atoms with van der Waals surface area (Å²) in [7, 11) is 0. The van der Waals surface area contributed by atoms with Crippen LogP contribution in [0.15, 0.2) is 24.3 Å². The Kier molecular flexibility index (Phi) is 5.52. The zero-order chi connectivity index (χ0) is 13.5. The van der Waals surface area contributed by atoms with E-state index in [-0.39, 0.29) is 0 Å². The number of likely N-dealkylation sites (tertiary alicyclic amines) is 1. The number of benzene rings is 1. The Morgan fingerprint density at radius 3 is 2.89 bits per heavy atom. The molecule has 1 aliphatic heterocycles. The molecule has 0 bridgehead atoms. The normalized spacial score (nSPS) is 21.0. The summed E-state index contributed by atoms with van der Waals surface area (Å²) in [4.78, 5) is 2.52. The molecule has 1 heterocycles. The van der Waals surface area contributed by atoms with Crippen LogP contribution in [0.2, 0.25) is 0 Å². The van der Waals surface area contributed by atoms with Crippen molar-refractivity contribution in [3.8, 4) is 5.75 Å². The van der Waals surface area contributed by atoms with Crippen LogP contribution >= 0.6 is 0 Å².